The van der Waals surface area contributed by atoms with Crippen molar-refractivity contribution >= 4 is 23.6 Å². The van der Waals surface area contributed by atoms with Crippen LogP contribution in [0.15, 0.2) is 30.5 Å². The fraction of sp³-hybridized carbons (Fsp3) is 0.545. The molecule has 8 nitrogen and oxygen atoms in total. The third-order valence-corrected chi connectivity index (χ3v) is 6.13. The summed E-state index contributed by atoms with van der Waals surface area (Å²) in [5, 5.41) is 10.3. The lowest BCUT2D eigenvalue weighted by atomic mass is 9.80. The van der Waals surface area contributed by atoms with Crippen LogP contribution in [0.25, 0.3) is 0 Å². The number of carbonyl (C=O) groups excluding carboxylic acids is 2. The monoisotopic (exact) mass is 411 g/mol. The predicted octanol–water partition coefficient (Wildman–Crippen LogP) is 4.23. The van der Waals surface area contributed by atoms with E-state index in [1.54, 1.807) is 25.4 Å². The number of nitrogens with one attached hydrogen (secondary N) is 2. The van der Waals surface area contributed by atoms with E-state index < -0.39 is 6.09 Å². The maximum absolute atomic E-state index is 12.5. The topological polar surface area (TPSA) is 100 Å². The number of anilines is 2. The van der Waals surface area contributed by atoms with Crippen molar-refractivity contribution in [3.05, 3.63) is 36.2 Å². The fourth-order valence-corrected chi connectivity index (χ4v) is 4.16. The van der Waals surface area contributed by atoms with Crippen molar-refractivity contribution < 1.29 is 14.3 Å². The van der Waals surface area contributed by atoms with E-state index in [1.807, 2.05) is 12.1 Å². The number of aromatic amines is 1. The lowest BCUT2D eigenvalue weighted by Crippen LogP contribution is -2.37. The van der Waals surface area contributed by atoms with E-state index in [0.717, 1.165) is 44.2 Å². The summed E-state index contributed by atoms with van der Waals surface area (Å²) in [4.78, 5) is 30.4. The molecule has 2 N–H and O–H groups in total. The highest BCUT2D eigenvalue weighted by molar-refractivity contribution is 5.91. The summed E-state index contributed by atoms with van der Waals surface area (Å²) in [6.45, 7) is 0. The zero-order chi connectivity index (χ0) is 20.9. The number of rotatable bonds is 5. The van der Waals surface area contributed by atoms with Gasteiger partial charge in [-0.2, -0.15) is 5.10 Å². The first kappa shape index (κ1) is 20.4. The smallest absolute Gasteiger partial charge is 0.415 e. The molecule has 2 heterocycles. The number of amides is 2. The number of aromatic nitrogens is 3. The van der Waals surface area contributed by atoms with Gasteiger partial charge in [-0.3, -0.25) is 14.8 Å². The number of ether oxygens (including phenoxy) is 1. The minimum Gasteiger partial charge on any atom is -0.446 e. The zero-order valence-corrected chi connectivity index (χ0v) is 17.3. The summed E-state index contributed by atoms with van der Waals surface area (Å²) in [7, 11) is 1.65. The summed E-state index contributed by atoms with van der Waals surface area (Å²) in [6, 6.07) is 7.29. The van der Waals surface area contributed by atoms with Crippen LogP contribution in [0.4, 0.5) is 16.4 Å². The Balaban J connectivity index is 1.24. The molecule has 160 valence electrons. The summed E-state index contributed by atoms with van der Waals surface area (Å²) in [6.07, 6.45) is 9.20. The Morgan fingerprint density at radius 2 is 1.93 bits per heavy atom. The molecule has 0 radical (unpaired) electrons. The van der Waals surface area contributed by atoms with E-state index in [1.165, 1.54) is 17.7 Å². The minimum absolute atomic E-state index is 0.0880. The second-order valence-corrected chi connectivity index (χ2v) is 8.31. The molecule has 0 aliphatic heterocycles. The molecule has 2 amide bonds. The Labute approximate surface area is 176 Å². The minimum atomic E-state index is -0.407. The molecule has 2 aliphatic carbocycles. The van der Waals surface area contributed by atoms with E-state index in [2.05, 4.69) is 20.5 Å². The van der Waals surface area contributed by atoms with Crippen LogP contribution in [-0.4, -0.2) is 40.3 Å². The molecule has 2 saturated carbocycles. The quantitative estimate of drug-likeness (QED) is 0.717. The van der Waals surface area contributed by atoms with Gasteiger partial charge in [0.2, 0.25) is 5.91 Å². The Kier molecular flexibility index (Phi) is 6.30. The number of nitrogens with zero attached hydrogens (tertiary/aromatic N) is 3. The molecule has 2 fully saturated rings. The molecule has 2 aromatic rings. The molecule has 0 bridgehead atoms. The van der Waals surface area contributed by atoms with Gasteiger partial charge in [-0.05, 0) is 37.8 Å². The van der Waals surface area contributed by atoms with Gasteiger partial charge >= 0.3 is 6.09 Å². The molecular formula is C22H29N5O3. The van der Waals surface area contributed by atoms with Crippen molar-refractivity contribution in [2.75, 3.05) is 17.3 Å². The van der Waals surface area contributed by atoms with Gasteiger partial charge in [0.15, 0.2) is 0 Å². The normalized spacial score (nSPS) is 21.9. The van der Waals surface area contributed by atoms with Gasteiger partial charge in [0.1, 0.15) is 17.7 Å². The van der Waals surface area contributed by atoms with Gasteiger partial charge in [-0.15, -0.1) is 0 Å². The van der Waals surface area contributed by atoms with Gasteiger partial charge in [0, 0.05) is 31.1 Å². The van der Waals surface area contributed by atoms with Gasteiger partial charge in [0.05, 0.1) is 5.69 Å². The maximum Gasteiger partial charge on any atom is 0.415 e. The van der Waals surface area contributed by atoms with Crippen LogP contribution in [0.3, 0.4) is 0 Å². The SMILES string of the molecule is CN(C(=O)O[C@H]1C[C@@H](c2cc(NC(=O)C3CCCCCC3)[nH]n2)C1)c1ccccn1. The Morgan fingerprint density at radius 3 is 2.63 bits per heavy atom. The molecule has 0 saturated heterocycles. The summed E-state index contributed by atoms with van der Waals surface area (Å²) in [5.74, 6) is 1.62. The summed E-state index contributed by atoms with van der Waals surface area (Å²) in [5.41, 5.74) is 0.900. The maximum atomic E-state index is 12.5. The lowest BCUT2D eigenvalue weighted by molar-refractivity contribution is -0.120. The molecule has 8 heteroatoms. The zero-order valence-electron chi connectivity index (χ0n) is 17.3. The van der Waals surface area contributed by atoms with Crippen molar-refractivity contribution in [2.24, 2.45) is 5.92 Å². The number of carbonyl (C=O) groups is 2. The molecule has 30 heavy (non-hydrogen) atoms. The van der Waals surface area contributed by atoms with E-state index in [4.69, 9.17) is 4.74 Å². The summed E-state index contributed by atoms with van der Waals surface area (Å²) >= 11 is 0. The van der Waals surface area contributed by atoms with Crippen LogP contribution in [-0.2, 0) is 9.53 Å². The lowest BCUT2D eigenvalue weighted by Gasteiger charge is -2.34. The molecule has 0 unspecified atom stereocenters. The van der Waals surface area contributed by atoms with E-state index >= 15 is 0 Å². The fourth-order valence-electron chi connectivity index (χ4n) is 4.16. The number of hydrogen-bond acceptors (Lipinski definition) is 5. The second kappa shape index (κ2) is 9.28. The van der Waals surface area contributed by atoms with Crippen molar-refractivity contribution in [1.82, 2.24) is 15.2 Å². The highest BCUT2D eigenvalue weighted by Gasteiger charge is 2.36. The number of pyridine rings is 1. The van der Waals surface area contributed by atoms with Crippen molar-refractivity contribution in [3.63, 3.8) is 0 Å². The number of H-pyrrole nitrogens is 1. The second-order valence-electron chi connectivity index (χ2n) is 8.31. The first-order valence-corrected chi connectivity index (χ1v) is 10.8. The van der Waals surface area contributed by atoms with Crippen LogP contribution in [0, 0.1) is 5.92 Å². The van der Waals surface area contributed by atoms with Crippen molar-refractivity contribution in [3.8, 4) is 0 Å². The van der Waals surface area contributed by atoms with Gasteiger partial charge in [-0.1, -0.05) is 31.7 Å². The molecule has 0 atom stereocenters. The van der Waals surface area contributed by atoms with Gasteiger partial charge in [-0.25, -0.2) is 9.78 Å². The van der Waals surface area contributed by atoms with Crippen LogP contribution in [0.1, 0.15) is 63.0 Å². The van der Waals surface area contributed by atoms with Crippen molar-refractivity contribution in [1.29, 1.82) is 0 Å². The van der Waals surface area contributed by atoms with Crippen LogP contribution in [0.2, 0.25) is 0 Å². The van der Waals surface area contributed by atoms with E-state index in [-0.39, 0.29) is 23.8 Å². The predicted molar refractivity (Wildman–Crippen MR) is 113 cm³/mol. The Morgan fingerprint density at radius 1 is 1.17 bits per heavy atom. The average molecular weight is 412 g/mol. The largest absolute Gasteiger partial charge is 0.446 e. The van der Waals surface area contributed by atoms with Gasteiger partial charge in [0.25, 0.3) is 0 Å². The first-order chi connectivity index (χ1) is 14.6. The first-order valence-electron chi connectivity index (χ1n) is 10.8. The molecule has 4 rings (SSSR count). The highest BCUT2D eigenvalue weighted by Crippen LogP contribution is 2.39. The third-order valence-electron chi connectivity index (χ3n) is 6.13. The van der Waals surface area contributed by atoms with Crippen LogP contribution >= 0.6 is 0 Å². The van der Waals surface area contributed by atoms with E-state index in [9.17, 15) is 9.59 Å². The van der Waals surface area contributed by atoms with Crippen molar-refractivity contribution in [2.45, 2.75) is 63.4 Å². The van der Waals surface area contributed by atoms with Crippen LogP contribution < -0.4 is 10.2 Å². The third kappa shape index (κ3) is 4.80. The Bertz CT molecular complexity index is 855. The molecule has 0 aromatic carbocycles. The Hall–Kier alpha value is -2.90. The highest BCUT2D eigenvalue weighted by atomic mass is 16.6. The van der Waals surface area contributed by atoms with Gasteiger partial charge < -0.3 is 10.1 Å². The van der Waals surface area contributed by atoms with E-state index in [0.29, 0.717) is 11.6 Å². The average Bonchev–Trinajstić information content (AvgIpc) is 3.00. The van der Waals surface area contributed by atoms with Crippen LogP contribution in [0.5, 0.6) is 0 Å². The standard InChI is InChI=1S/C22H29N5O3/c1-27(20-10-6-7-11-23-20)22(29)30-17-12-16(13-17)18-14-19(26-25-18)24-21(28)15-8-4-2-3-5-9-15/h6-7,10-11,14-17H,2-5,8-9,12-13H2,1H3,(H2,24,25,26,28)/t16-,17+. The molecule has 2 aliphatic rings. The molecular weight excluding hydrogens is 382 g/mol. The molecule has 2 aromatic heterocycles. The molecule has 0 spiro atoms. The summed E-state index contributed by atoms with van der Waals surface area (Å²) < 4.78 is 5.56. The number of hydrogen-bond donors (Lipinski definition) is 2.